The van der Waals surface area contributed by atoms with E-state index in [1.54, 1.807) is 0 Å². The number of nitrogens with one attached hydrogen (secondary N) is 1. The van der Waals surface area contributed by atoms with Crippen LogP contribution in [0, 0.1) is 6.92 Å². The largest absolute Gasteiger partial charge is 0.358 e. The molecule has 0 aliphatic carbocycles. The highest BCUT2D eigenvalue weighted by Crippen LogP contribution is 2.33. The average molecular weight is 325 g/mol. The van der Waals surface area contributed by atoms with Crippen molar-refractivity contribution < 1.29 is 0 Å². The van der Waals surface area contributed by atoms with Gasteiger partial charge in [0.25, 0.3) is 0 Å². The van der Waals surface area contributed by atoms with E-state index in [9.17, 15) is 0 Å². The predicted octanol–water partition coefficient (Wildman–Crippen LogP) is 7.35. The molecule has 5 rings (SSSR count). The second-order valence-electron chi connectivity index (χ2n) is 6.77. The predicted molar refractivity (Wildman–Crippen MR) is 112 cm³/mol. The first-order valence-electron chi connectivity index (χ1n) is 9.04. The Morgan fingerprint density at radius 2 is 1.28 bits per heavy atom. The molecule has 0 amide bonds. The van der Waals surface area contributed by atoms with Crippen LogP contribution in [0.15, 0.2) is 66.7 Å². The highest BCUT2D eigenvalue weighted by molar-refractivity contribution is 6.18. The van der Waals surface area contributed by atoms with Gasteiger partial charge in [-0.05, 0) is 52.1 Å². The molecule has 0 atom stereocenters. The molecule has 0 unspecified atom stereocenters. The number of benzene rings is 4. The van der Waals surface area contributed by atoms with Gasteiger partial charge in [0.15, 0.2) is 0 Å². The third kappa shape index (κ3) is 2.66. The molecule has 1 heteroatoms. The smallest absolute Gasteiger partial charge is 0.0535 e. The van der Waals surface area contributed by atoms with Crippen LogP contribution in [0.2, 0.25) is 0 Å². The highest BCUT2D eigenvalue weighted by atomic mass is 14.7. The fraction of sp³-hybridized carbons (Fsp3) is 0.167. The average Bonchev–Trinajstić information content (AvgIpc) is 3.01. The van der Waals surface area contributed by atoms with Crippen LogP contribution in [-0.4, -0.2) is 4.98 Å². The van der Waals surface area contributed by atoms with Crippen LogP contribution in [0.3, 0.4) is 0 Å². The fourth-order valence-electron chi connectivity index (χ4n) is 3.57. The van der Waals surface area contributed by atoms with Crippen LogP contribution < -0.4 is 0 Å². The minimum absolute atomic E-state index is 1.21. The van der Waals surface area contributed by atoms with Gasteiger partial charge in [0.2, 0.25) is 0 Å². The highest BCUT2D eigenvalue weighted by Gasteiger charge is 2.07. The van der Waals surface area contributed by atoms with Gasteiger partial charge in [-0.25, -0.2) is 0 Å². The normalized spacial score (nSPS) is 11.2. The summed E-state index contributed by atoms with van der Waals surface area (Å²) < 4.78 is 0. The van der Waals surface area contributed by atoms with Crippen molar-refractivity contribution in [1.29, 1.82) is 0 Å². The minimum atomic E-state index is 1.21. The third-order valence-electron chi connectivity index (χ3n) is 4.61. The monoisotopic (exact) mass is 325 g/mol. The number of aryl methyl sites for hydroxylation is 1. The topological polar surface area (TPSA) is 15.8 Å². The summed E-state index contributed by atoms with van der Waals surface area (Å²) in [6.45, 7) is 6.36. The van der Waals surface area contributed by atoms with E-state index in [0.29, 0.717) is 0 Å². The van der Waals surface area contributed by atoms with Crippen LogP contribution in [0.1, 0.15) is 26.0 Å². The van der Waals surface area contributed by atoms with Gasteiger partial charge < -0.3 is 4.98 Å². The molecular weight excluding hydrogens is 302 g/mol. The molecule has 1 heterocycles. The molecule has 0 spiro atoms. The van der Waals surface area contributed by atoms with Gasteiger partial charge in [-0.15, -0.1) is 0 Å². The summed E-state index contributed by atoms with van der Waals surface area (Å²) in [7, 11) is 0. The maximum atomic E-state index is 3.50. The van der Waals surface area contributed by atoms with Crippen molar-refractivity contribution in [2.45, 2.75) is 27.2 Å². The molecule has 4 aromatic carbocycles. The Hall–Kier alpha value is -2.80. The van der Waals surface area contributed by atoms with E-state index < -0.39 is 0 Å². The first-order chi connectivity index (χ1) is 12.2. The molecule has 0 saturated carbocycles. The quantitative estimate of drug-likeness (QED) is 0.226. The fourth-order valence-corrected chi connectivity index (χ4v) is 3.57. The molecule has 1 N–H and O–H groups in total. The Morgan fingerprint density at radius 3 is 2.04 bits per heavy atom. The summed E-state index contributed by atoms with van der Waals surface area (Å²) in [5.74, 6) is 0. The van der Waals surface area contributed by atoms with Crippen LogP contribution in [-0.2, 0) is 0 Å². The maximum Gasteiger partial charge on any atom is 0.0535 e. The minimum Gasteiger partial charge on any atom is -0.358 e. The Balaban J connectivity index is 0.000000490. The van der Waals surface area contributed by atoms with E-state index in [4.69, 9.17) is 0 Å². The van der Waals surface area contributed by atoms with E-state index in [1.807, 2.05) is 0 Å². The molecule has 0 radical (unpaired) electrons. The van der Waals surface area contributed by atoms with Gasteiger partial charge in [0.1, 0.15) is 0 Å². The first-order valence-corrected chi connectivity index (χ1v) is 9.04. The SMILES string of the molecule is CCC.Cc1cc2ccc3c4cc5ccccc5cc4ccc3c2[nH]1. The van der Waals surface area contributed by atoms with Crippen LogP contribution in [0.5, 0.6) is 0 Å². The zero-order chi connectivity index (χ0) is 17.4. The van der Waals surface area contributed by atoms with E-state index in [1.165, 1.54) is 55.3 Å². The van der Waals surface area contributed by atoms with Crippen molar-refractivity contribution >= 4 is 43.2 Å². The van der Waals surface area contributed by atoms with E-state index >= 15 is 0 Å². The van der Waals surface area contributed by atoms with Crippen LogP contribution in [0.25, 0.3) is 43.2 Å². The standard InChI is InChI=1S/C21H15N.C3H8/c1-13-10-17-7-8-18-19(21(17)22-13)9-6-16-11-14-4-2-3-5-15(14)12-20(16)18;1-3-2/h2-12,22H,1H3;3H2,1-2H3. The van der Waals surface area contributed by atoms with Gasteiger partial charge >= 0.3 is 0 Å². The molecule has 1 nitrogen and oxygen atoms in total. The van der Waals surface area contributed by atoms with Crippen molar-refractivity contribution in [3.8, 4) is 0 Å². The molecule has 0 bridgehead atoms. The van der Waals surface area contributed by atoms with Gasteiger partial charge in [0, 0.05) is 16.5 Å². The number of aromatic amines is 1. The molecular formula is C24H23N. The van der Waals surface area contributed by atoms with Crippen molar-refractivity contribution in [3.05, 3.63) is 72.4 Å². The number of H-pyrrole nitrogens is 1. The lowest BCUT2D eigenvalue weighted by molar-refractivity contribution is 1.09. The molecule has 0 fully saturated rings. The van der Waals surface area contributed by atoms with Gasteiger partial charge in [-0.3, -0.25) is 0 Å². The lowest BCUT2D eigenvalue weighted by Crippen LogP contribution is -1.81. The maximum absolute atomic E-state index is 3.50. The number of hydrogen-bond acceptors (Lipinski definition) is 0. The molecule has 0 aliphatic rings. The zero-order valence-electron chi connectivity index (χ0n) is 15.1. The Labute approximate surface area is 148 Å². The number of fused-ring (bicyclic) bond motifs is 6. The Kier molecular flexibility index (Phi) is 3.93. The van der Waals surface area contributed by atoms with Crippen LogP contribution >= 0.6 is 0 Å². The summed E-state index contributed by atoms with van der Waals surface area (Å²) >= 11 is 0. The van der Waals surface area contributed by atoms with Crippen molar-refractivity contribution in [2.75, 3.05) is 0 Å². The van der Waals surface area contributed by atoms with Gasteiger partial charge in [0.05, 0.1) is 5.52 Å². The molecule has 1 aromatic heterocycles. The second-order valence-corrected chi connectivity index (χ2v) is 6.77. The lowest BCUT2D eigenvalue weighted by Gasteiger charge is -2.07. The second kappa shape index (κ2) is 6.25. The summed E-state index contributed by atoms with van der Waals surface area (Å²) in [5, 5.41) is 9.12. The summed E-state index contributed by atoms with van der Waals surface area (Å²) in [6, 6.07) is 24.3. The summed E-state index contributed by atoms with van der Waals surface area (Å²) in [5.41, 5.74) is 2.45. The van der Waals surface area contributed by atoms with Crippen molar-refractivity contribution in [3.63, 3.8) is 0 Å². The number of rotatable bonds is 0. The Morgan fingerprint density at radius 1 is 0.640 bits per heavy atom. The Bertz CT molecular complexity index is 1190. The third-order valence-corrected chi connectivity index (χ3v) is 4.61. The van der Waals surface area contributed by atoms with E-state index in [-0.39, 0.29) is 0 Å². The van der Waals surface area contributed by atoms with Crippen molar-refractivity contribution in [1.82, 2.24) is 4.98 Å². The van der Waals surface area contributed by atoms with Crippen molar-refractivity contribution in [2.24, 2.45) is 0 Å². The summed E-state index contributed by atoms with van der Waals surface area (Å²) in [6.07, 6.45) is 1.25. The van der Waals surface area contributed by atoms with E-state index in [2.05, 4.69) is 92.5 Å². The lowest BCUT2D eigenvalue weighted by atomic mass is 9.97. The van der Waals surface area contributed by atoms with Gasteiger partial charge in [-0.2, -0.15) is 0 Å². The number of aromatic nitrogens is 1. The number of hydrogen-bond donors (Lipinski definition) is 1. The summed E-state index contributed by atoms with van der Waals surface area (Å²) in [4.78, 5) is 3.50. The first kappa shape index (κ1) is 15.7. The van der Waals surface area contributed by atoms with Crippen LogP contribution in [0.4, 0.5) is 0 Å². The van der Waals surface area contributed by atoms with Gasteiger partial charge in [-0.1, -0.05) is 68.8 Å². The molecule has 0 saturated heterocycles. The molecule has 5 aromatic rings. The zero-order valence-corrected chi connectivity index (χ0v) is 15.1. The molecule has 25 heavy (non-hydrogen) atoms. The molecule has 124 valence electrons. The van der Waals surface area contributed by atoms with E-state index in [0.717, 1.165) is 0 Å². The molecule has 0 aliphatic heterocycles.